The summed E-state index contributed by atoms with van der Waals surface area (Å²) in [7, 11) is 0. The molecule has 0 amide bonds. The van der Waals surface area contributed by atoms with Crippen molar-refractivity contribution in [1.82, 2.24) is 10.2 Å². The van der Waals surface area contributed by atoms with E-state index >= 15 is 0 Å². The second-order valence-corrected chi connectivity index (χ2v) is 6.22. The van der Waals surface area contributed by atoms with E-state index in [9.17, 15) is 0 Å². The average Bonchev–Trinajstić information content (AvgIpc) is 2.92. The molecular formula is C14H26N2. The van der Waals surface area contributed by atoms with E-state index < -0.39 is 0 Å². The van der Waals surface area contributed by atoms with Crippen LogP contribution in [0.5, 0.6) is 0 Å². The Bertz CT molecular complexity index is 241. The van der Waals surface area contributed by atoms with E-state index in [0.29, 0.717) is 0 Å². The van der Waals surface area contributed by atoms with Crippen LogP contribution in [0.25, 0.3) is 0 Å². The lowest BCUT2D eigenvalue weighted by Crippen LogP contribution is -2.41. The highest BCUT2D eigenvalue weighted by atomic mass is 15.2. The van der Waals surface area contributed by atoms with Gasteiger partial charge in [0.15, 0.2) is 0 Å². The highest BCUT2D eigenvalue weighted by Crippen LogP contribution is 2.32. The van der Waals surface area contributed by atoms with Gasteiger partial charge in [-0.2, -0.15) is 0 Å². The fourth-order valence-corrected chi connectivity index (χ4v) is 4.15. The van der Waals surface area contributed by atoms with Crippen LogP contribution in [0.3, 0.4) is 0 Å². The molecule has 0 aromatic carbocycles. The highest BCUT2D eigenvalue weighted by Gasteiger charge is 2.37. The molecule has 0 radical (unpaired) electrons. The minimum absolute atomic E-state index is 0.815. The monoisotopic (exact) mass is 222 g/mol. The van der Waals surface area contributed by atoms with Crippen molar-refractivity contribution in [2.75, 3.05) is 19.6 Å². The first-order chi connectivity index (χ1) is 7.84. The SMILES string of the molecule is CC1CCCC1CNC1CCN2CCCC12. The van der Waals surface area contributed by atoms with Gasteiger partial charge in [0.05, 0.1) is 0 Å². The van der Waals surface area contributed by atoms with Gasteiger partial charge in [0.2, 0.25) is 0 Å². The molecule has 0 aromatic heterocycles. The van der Waals surface area contributed by atoms with Gasteiger partial charge in [-0.05, 0) is 50.6 Å². The van der Waals surface area contributed by atoms with Gasteiger partial charge < -0.3 is 5.32 Å². The first-order valence-corrected chi connectivity index (χ1v) is 7.32. The number of hydrogen-bond donors (Lipinski definition) is 1. The molecule has 3 aliphatic rings. The van der Waals surface area contributed by atoms with Crippen molar-refractivity contribution in [3.63, 3.8) is 0 Å². The second kappa shape index (κ2) is 4.66. The molecule has 2 saturated heterocycles. The zero-order valence-electron chi connectivity index (χ0n) is 10.6. The third-order valence-corrected chi connectivity index (χ3v) is 5.29. The maximum absolute atomic E-state index is 3.88. The summed E-state index contributed by atoms with van der Waals surface area (Å²) < 4.78 is 0. The van der Waals surface area contributed by atoms with Crippen molar-refractivity contribution in [2.45, 2.75) is 57.5 Å². The van der Waals surface area contributed by atoms with Crippen molar-refractivity contribution in [2.24, 2.45) is 11.8 Å². The highest BCUT2D eigenvalue weighted by molar-refractivity contribution is 4.96. The number of nitrogens with zero attached hydrogens (tertiary/aromatic N) is 1. The molecule has 92 valence electrons. The maximum atomic E-state index is 3.88. The van der Waals surface area contributed by atoms with Gasteiger partial charge in [-0.3, -0.25) is 4.90 Å². The summed E-state index contributed by atoms with van der Waals surface area (Å²) in [5.74, 6) is 1.93. The molecule has 1 N–H and O–H groups in total. The molecule has 0 aromatic rings. The molecule has 4 unspecified atom stereocenters. The van der Waals surface area contributed by atoms with Crippen LogP contribution in [0.15, 0.2) is 0 Å². The van der Waals surface area contributed by atoms with E-state index in [1.807, 2.05) is 0 Å². The van der Waals surface area contributed by atoms with E-state index in [2.05, 4.69) is 17.1 Å². The van der Waals surface area contributed by atoms with Crippen molar-refractivity contribution in [3.05, 3.63) is 0 Å². The topological polar surface area (TPSA) is 15.3 Å². The van der Waals surface area contributed by atoms with Crippen LogP contribution in [0.1, 0.15) is 45.4 Å². The molecule has 3 rings (SSSR count). The Hall–Kier alpha value is -0.0800. The molecule has 1 aliphatic carbocycles. The van der Waals surface area contributed by atoms with Gasteiger partial charge in [0.25, 0.3) is 0 Å². The summed E-state index contributed by atoms with van der Waals surface area (Å²) in [6.45, 7) is 6.44. The van der Waals surface area contributed by atoms with Gasteiger partial charge in [-0.25, -0.2) is 0 Å². The van der Waals surface area contributed by atoms with Crippen molar-refractivity contribution in [3.8, 4) is 0 Å². The maximum Gasteiger partial charge on any atom is 0.0250 e. The molecule has 0 bridgehead atoms. The minimum atomic E-state index is 0.815. The van der Waals surface area contributed by atoms with E-state index in [-0.39, 0.29) is 0 Å². The quantitative estimate of drug-likeness (QED) is 0.788. The summed E-state index contributed by atoms with van der Waals surface area (Å²) in [5, 5.41) is 3.88. The largest absolute Gasteiger partial charge is 0.312 e. The lowest BCUT2D eigenvalue weighted by atomic mass is 9.97. The van der Waals surface area contributed by atoms with Crippen molar-refractivity contribution in [1.29, 1.82) is 0 Å². The molecule has 1 saturated carbocycles. The molecule has 2 aliphatic heterocycles. The Labute approximate surface area is 99.8 Å². The molecule has 2 nitrogen and oxygen atoms in total. The minimum Gasteiger partial charge on any atom is -0.312 e. The van der Waals surface area contributed by atoms with Crippen LogP contribution >= 0.6 is 0 Å². The number of rotatable bonds is 3. The van der Waals surface area contributed by atoms with E-state index in [0.717, 1.165) is 23.9 Å². The predicted octanol–water partition coefficient (Wildman–Crippen LogP) is 2.25. The summed E-state index contributed by atoms with van der Waals surface area (Å²) in [6, 6.07) is 1.70. The van der Waals surface area contributed by atoms with Gasteiger partial charge in [-0.1, -0.05) is 19.8 Å². The first kappa shape index (κ1) is 11.0. The van der Waals surface area contributed by atoms with Crippen LogP contribution in [-0.2, 0) is 0 Å². The molecule has 2 heteroatoms. The van der Waals surface area contributed by atoms with Crippen LogP contribution in [0.4, 0.5) is 0 Å². The van der Waals surface area contributed by atoms with Crippen LogP contribution in [-0.4, -0.2) is 36.6 Å². The average molecular weight is 222 g/mol. The molecule has 0 spiro atoms. The fourth-order valence-electron chi connectivity index (χ4n) is 4.15. The summed E-state index contributed by atoms with van der Waals surface area (Å²) in [5.41, 5.74) is 0. The van der Waals surface area contributed by atoms with Crippen LogP contribution in [0, 0.1) is 11.8 Å². The van der Waals surface area contributed by atoms with Gasteiger partial charge in [0.1, 0.15) is 0 Å². The number of hydrogen-bond acceptors (Lipinski definition) is 2. The van der Waals surface area contributed by atoms with Crippen LogP contribution < -0.4 is 5.32 Å². The predicted molar refractivity (Wildman–Crippen MR) is 67.5 cm³/mol. The van der Waals surface area contributed by atoms with Gasteiger partial charge in [0, 0.05) is 18.6 Å². The Morgan fingerprint density at radius 1 is 1.06 bits per heavy atom. The Morgan fingerprint density at radius 2 is 2.00 bits per heavy atom. The second-order valence-electron chi connectivity index (χ2n) is 6.22. The molecule has 3 fully saturated rings. The molecule has 16 heavy (non-hydrogen) atoms. The van der Waals surface area contributed by atoms with E-state index in [1.165, 1.54) is 58.2 Å². The number of fused-ring (bicyclic) bond motifs is 1. The summed E-state index contributed by atoms with van der Waals surface area (Å²) >= 11 is 0. The Balaban J connectivity index is 1.48. The summed E-state index contributed by atoms with van der Waals surface area (Å²) in [6.07, 6.45) is 8.67. The zero-order chi connectivity index (χ0) is 11.0. The normalized spacial score (nSPS) is 44.1. The third-order valence-electron chi connectivity index (χ3n) is 5.29. The van der Waals surface area contributed by atoms with Crippen molar-refractivity contribution < 1.29 is 0 Å². The first-order valence-electron chi connectivity index (χ1n) is 7.32. The molecule has 2 heterocycles. The van der Waals surface area contributed by atoms with Crippen molar-refractivity contribution >= 4 is 0 Å². The molecule has 4 atom stereocenters. The lowest BCUT2D eigenvalue weighted by Gasteiger charge is -2.24. The van der Waals surface area contributed by atoms with Gasteiger partial charge in [-0.15, -0.1) is 0 Å². The molecular weight excluding hydrogens is 196 g/mol. The van der Waals surface area contributed by atoms with Crippen LogP contribution in [0.2, 0.25) is 0 Å². The van der Waals surface area contributed by atoms with E-state index in [4.69, 9.17) is 0 Å². The standard InChI is InChI=1S/C14H26N2/c1-11-4-2-5-12(11)10-15-13-7-9-16-8-3-6-14(13)16/h11-15H,2-10H2,1H3. The Kier molecular flexibility index (Phi) is 3.21. The zero-order valence-corrected chi connectivity index (χ0v) is 10.6. The fraction of sp³-hybridized carbons (Fsp3) is 1.00. The lowest BCUT2D eigenvalue weighted by molar-refractivity contribution is 0.286. The smallest absolute Gasteiger partial charge is 0.0250 e. The summed E-state index contributed by atoms with van der Waals surface area (Å²) in [4.78, 5) is 2.70. The Morgan fingerprint density at radius 3 is 2.81 bits per heavy atom. The number of nitrogens with one attached hydrogen (secondary N) is 1. The van der Waals surface area contributed by atoms with Gasteiger partial charge >= 0.3 is 0 Å². The third kappa shape index (κ3) is 2.02. The van der Waals surface area contributed by atoms with E-state index in [1.54, 1.807) is 0 Å².